The third-order valence-corrected chi connectivity index (χ3v) is 6.33. The summed E-state index contributed by atoms with van der Waals surface area (Å²) >= 11 is 1.63. The van der Waals surface area contributed by atoms with Gasteiger partial charge in [0.25, 0.3) is 0 Å². The van der Waals surface area contributed by atoms with Gasteiger partial charge in [-0.1, -0.05) is 24.3 Å². The zero-order valence-corrected chi connectivity index (χ0v) is 16.5. The first-order valence-electron chi connectivity index (χ1n) is 9.60. The Kier molecular flexibility index (Phi) is 5.58. The molecule has 0 aromatic heterocycles. The lowest BCUT2D eigenvalue weighted by Gasteiger charge is -2.25. The van der Waals surface area contributed by atoms with Gasteiger partial charge in [-0.2, -0.15) is 0 Å². The lowest BCUT2D eigenvalue weighted by molar-refractivity contribution is -0.129. The highest BCUT2D eigenvalue weighted by atomic mass is 32.2. The fraction of sp³-hybridized carbons (Fsp3) is 0.409. The van der Waals surface area contributed by atoms with Crippen molar-refractivity contribution < 1.29 is 14.3 Å². The summed E-state index contributed by atoms with van der Waals surface area (Å²) in [6.07, 6.45) is 2.94. The number of hydrogen-bond acceptors (Lipinski definition) is 4. The normalized spacial score (nSPS) is 19.0. The van der Waals surface area contributed by atoms with Crippen LogP contribution in [0, 0.1) is 6.92 Å². The van der Waals surface area contributed by atoms with Crippen LogP contribution < -0.4 is 9.47 Å². The molecule has 142 valence electrons. The van der Waals surface area contributed by atoms with E-state index < -0.39 is 0 Å². The van der Waals surface area contributed by atoms with Crippen molar-refractivity contribution in [2.75, 3.05) is 25.5 Å². The van der Waals surface area contributed by atoms with Gasteiger partial charge in [-0.25, -0.2) is 0 Å². The van der Waals surface area contributed by atoms with Crippen molar-refractivity contribution in [2.45, 2.75) is 37.1 Å². The van der Waals surface area contributed by atoms with Crippen LogP contribution in [0.2, 0.25) is 0 Å². The molecule has 1 fully saturated rings. The average Bonchev–Trinajstić information content (AvgIpc) is 3.06. The quantitative estimate of drug-likeness (QED) is 0.723. The van der Waals surface area contributed by atoms with Gasteiger partial charge in [-0.15, -0.1) is 11.8 Å². The molecule has 2 aliphatic heterocycles. The maximum Gasteiger partial charge on any atom is 0.233 e. The number of carbonyl (C=O) groups excluding carboxylic acids is 1. The Bertz CT molecular complexity index is 823. The van der Waals surface area contributed by atoms with Gasteiger partial charge < -0.3 is 14.4 Å². The monoisotopic (exact) mass is 383 g/mol. The molecule has 2 heterocycles. The minimum absolute atomic E-state index is 0.132. The number of rotatable bonds is 4. The number of thioether (sulfide) groups is 1. The van der Waals surface area contributed by atoms with Crippen molar-refractivity contribution in [2.24, 2.45) is 0 Å². The fourth-order valence-electron chi connectivity index (χ4n) is 3.74. The van der Waals surface area contributed by atoms with Crippen LogP contribution in [0.5, 0.6) is 11.5 Å². The molecule has 0 saturated carbocycles. The van der Waals surface area contributed by atoms with Gasteiger partial charge in [-0.05, 0) is 49.1 Å². The van der Waals surface area contributed by atoms with Crippen molar-refractivity contribution in [3.05, 3.63) is 53.6 Å². The molecule has 2 aromatic carbocycles. The Labute approximate surface area is 164 Å². The fourth-order valence-corrected chi connectivity index (χ4v) is 4.66. The van der Waals surface area contributed by atoms with Crippen molar-refractivity contribution >= 4 is 17.7 Å². The first-order chi connectivity index (χ1) is 13.2. The second-order valence-electron chi connectivity index (χ2n) is 7.06. The number of fused-ring (bicyclic) bond motifs is 1. The van der Waals surface area contributed by atoms with Crippen LogP contribution >= 0.6 is 11.8 Å². The highest BCUT2D eigenvalue weighted by Crippen LogP contribution is 2.38. The van der Waals surface area contributed by atoms with Gasteiger partial charge in [0.05, 0.1) is 25.0 Å². The summed E-state index contributed by atoms with van der Waals surface area (Å²) in [4.78, 5) is 16.1. The molecule has 1 saturated heterocycles. The Morgan fingerprint density at radius 1 is 1.11 bits per heavy atom. The van der Waals surface area contributed by atoms with Crippen molar-refractivity contribution in [1.29, 1.82) is 0 Å². The third-order valence-electron chi connectivity index (χ3n) is 5.17. The standard InChI is InChI=1S/C22H25NO3S/c1-16-6-2-3-8-21(16)27-15-22(24)23-11-4-7-18(23)17-9-10-19-20(14-17)26-13-5-12-25-19/h2-3,6,8-10,14,18H,4-5,7,11-13,15H2,1H3. The zero-order valence-electron chi connectivity index (χ0n) is 15.6. The summed E-state index contributed by atoms with van der Waals surface area (Å²) in [6.45, 7) is 4.28. The topological polar surface area (TPSA) is 38.8 Å². The highest BCUT2D eigenvalue weighted by molar-refractivity contribution is 8.00. The van der Waals surface area contributed by atoms with Crippen LogP contribution in [0.15, 0.2) is 47.4 Å². The number of ether oxygens (including phenoxy) is 2. The Morgan fingerprint density at radius 2 is 1.93 bits per heavy atom. The Morgan fingerprint density at radius 3 is 2.78 bits per heavy atom. The summed E-state index contributed by atoms with van der Waals surface area (Å²) < 4.78 is 11.6. The van der Waals surface area contributed by atoms with Crippen LogP contribution in [0.4, 0.5) is 0 Å². The maximum absolute atomic E-state index is 12.9. The number of hydrogen-bond donors (Lipinski definition) is 0. The van der Waals surface area contributed by atoms with Crippen LogP contribution in [-0.2, 0) is 4.79 Å². The molecule has 0 radical (unpaired) electrons. The van der Waals surface area contributed by atoms with E-state index in [9.17, 15) is 4.79 Å². The van der Waals surface area contributed by atoms with E-state index in [1.165, 1.54) is 10.5 Å². The van der Waals surface area contributed by atoms with Gasteiger partial charge in [0.15, 0.2) is 11.5 Å². The first kappa shape index (κ1) is 18.2. The molecule has 4 nitrogen and oxygen atoms in total. The molecule has 0 spiro atoms. The average molecular weight is 384 g/mol. The van der Waals surface area contributed by atoms with Crippen molar-refractivity contribution in [3.63, 3.8) is 0 Å². The predicted molar refractivity (Wildman–Crippen MR) is 108 cm³/mol. The summed E-state index contributed by atoms with van der Waals surface area (Å²) in [6, 6.07) is 14.5. The molecule has 2 aliphatic rings. The molecule has 5 heteroatoms. The summed E-state index contributed by atoms with van der Waals surface area (Å²) in [5.41, 5.74) is 2.36. The van der Waals surface area contributed by atoms with Gasteiger partial charge in [0, 0.05) is 17.9 Å². The number of nitrogens with zero attached hydrogens (tertiary/aromatic N) is 1. The van der Waals surface area contributed by atoms with Crippen LogP contribution in [-0.4, -0.2) is 36.3 Å². The summed E-state index contributed by atoms with van der Waals surface area (Å²) in [5, 5.41) is 0. The maximum atomic E-state index is 12.9. The minimum atomic E-state index is 0.132. The summed E-state index contributed by atoms with van der Waals surface area (Å²) in [5.74, 6) is 2.30. The molecule has 1 amide bonds. The van der Waals surface area contributed by atoms with Crippen LogP contribution in [0.3, 0.4) is 0 Å². The molecule has 1 unspecified atom stereocenters. The number of benzene rings is 2. The molecule has 2 aromatic rings. The number of amides is 1. The molecule has 0 aliphatic carbocycles. The van der Waals surface area contributed by atoms with Gasteiger partial charge in [0.1, 0.15) is 0 Å². The zero-order chi connectivity index (χ0) is 18.6. The van der Waals surface area contributed by atoms with E-state index in [4.69, 9.17) is 9.47 Å². The van der Waals surface area contributed by atoms with Crippen molar-refractivity contribution in [3.8, 4) is 11.5 Å². The van der Waals surface area contributed by atoms with Crippen LogP contribution in [0.25, 0.3) is 0 Å². The summed E-state index contributed by atoms with van der Waals surface area (Å²) in [7, 11) is 0. The van der Waals surface area contributed by atoms with Gasteiger partial charge >= 0.3 is 0 Å². The lowest BCUT2D eigenvalue weighted by Crippen LogP contribution is -2.32. The predicted octanol–water partition coefficient (Wildman–Crippen LogP) is 4.61. The van der Waals surface area contributed by atoms with E-state index >= 15 is 0 Å². The SMILES string of the molecule is Cc1ccccc1SCC(=O)N1CCCC1c1ccc2c(c1)OCCCO2. The number of carbonyl (C=O) groups is 1. The van der Waals surface area contributed by atoms with Crippen molar-refractivity contribution in [1.82, 2.24) is 4.90 Å². The second-order valence-corrected chi connectivity index (χ2v) is 8.07. The largest absolute Gasteiger partial charge is 0.490 e. The van der Waals surface area contributed by atoms with E-state index in [1.54, 1.807) is 11.8 Å². The molecule has 27 heavy (non-hydrogen) atoms. The highest BCUT2D eigenvalue weighted by Gasteiger charge is 2.30. The van der Waals surface area contributed by atoms with Gasteiger partial charge in [-0.3, -0.25) is 4.79 Å². The molecular weight excluding hydrogens is 358 g/mol. The molecule has 0 bridgehead atoms. The Balaban J connectivity index is 1.46. The minimum Gasteiger partial charge on any atom is -0.490 e. The van der Waals surface area contributed by atoms with Gasteiger partial charge in [0.2, 0.25) is 5.91 Å². The van der Waals surface area contributed by atoms with Crippen LogP contribution in [0.1, 0.15) is 36.4 Å². The van der Waals surface area contributed by atoms with E-state index in [2.05, 4.69) is 31.2 Å². The lowest BCUT2D eigenvalue weighted by atomic mass is 10.0. The van der Waals surface area contributed by atoms with E-state index in [1.807, 2.05) is 23.1 Å². The van der Waals surface area contributed by atoms with E-state index in [-0.39, 0.29) is 11.9 Å². The number of likely N-dealkylation sites (tertiary alicyclic amines) is 1. The molecule has 4 rings (SSSR count). The third kappa shape index (κ3) is 4.08. The second kappa shape index (κ2) is 8.26. The smallest absolute Gasteiger partial charge is 0.233 e. The Hall–Kier alpha value is -2.14. The number of aryl methyl sites for hydroxylation is 1. The van der Waals surface area contributed by atoms with E-state index in [0.717, 1.165) is 42.9 Å². The first-order valence-corrected chi connectivity index (χ1v) is 10.6. The molecule has 1 atom stereocenters. The molecule has 0 N–H and O–H groups in total. The molecular formula is C22H25NO3S. The van der Waals surface area contributed by atoms with E-state index in [0.29, 0.717) is 19.0 Å².